The average molecular weight is 288 g/mol. The van der Waals surface area contributed by atoms with Crippen molar-refractivity contribution in [3.63, 3.8) is 0 Å². The molecule has 7 heteroatoms. The minimum atomic E-state index is -0.164. The molecule has 0 aliphatic carbocycles. The number of methoxy groups -OCH3 is 1. The predicted molar refractivity (Wildman–Crippen MR) is 72.8 cm³/mol. The van der Waals surface area contributed by atoms with Gasteiger partial charge in [0, 0.05) is 13.5 Å². The number of ether oxygens (including phenoxy) is 1. The number of hydrogen-bond donors (Lipinski definition) is 0. The van der Waals surface area contributed by atoms with Crippen molar-refractivity contribution in [3.8, 4) is 5.75 Å². The van der Waals surface area contributed by atoms with Crippen LogP contribution in [0.25, 0.3) is 0 Å². The van der Waals surface area contributed by atoms with Gasteiger partial charge in [0.2, 0.25) is 11.8 Å². The Morgan fingerprint density at radius 1 is 1.43 bits per heavy atom. The van der Waals surface area contributed by atoms with Crippen molar-refractivity contribution in [3.05, 3.63) is 35.8 Å². The Balaban J connectivity index is 1.82. The molecule has 0 N–H and O–H groups in total. The maximum Gasteiger partial charge on any atom is 0.273 e. The third kappa shape index (κ3) is 2.58. The zero-order valence-electron chi connectivity index (χ0n) is 11.9. The van der Waals surface area contributed by atoms with Gasteiger partial charge in [0.1, 0.15) is 17.5 Å². The maximum atomic E-state index is 12.6. The van der Waals surface area contributed by atoms with Crippen LogP contribution in [0.1, 0.15) is 41.2 Å². The maximum absolute atomic E-state index is 12.6. The molecule has 0 spiro atoms. The third-order valence-corrected chi connectivity index (χ3v) is 3.53. The quantitative estimate of drug-likeness (QED) is 0.856. The van der Waals surface area contributed by atoms with Gasteiger partial charge in [-0.2, -0.15) is 0 Å². The van der Waals surface area contributed by atoms with Gasteiger partial charge >= 0.3 is 0 Å². The van der Waals surface area contributed by atoms with Gasteiger partial charge < -0.3 is 14.1 Å². The Morgan fingerprint density at radius 3 is 2.90 bits per heavy atom. The van der Waals surface area contributed by atoms with Crippen LogP contribution in [0.2, 0.25) is 0 Å². The van der Waals surface area contributed by atoms with Gasteiger partial charge in [-0.25, -0.2) is 4.98 Å². The van der Waals surface area contributed by atoms with E-state index in [1.165, 1.54) is 6.20 Å². The monoisotopic (exact) mass is 288 g/mol. The number of likely N-dealkylation sites (tertiary alicyclic amines) is 1. The third-order valence-electron chi connectivity index (χ3n) is 3.53. The van der Waals surface area contributed by atoms with Crippen molar-refractivity contribution in [2.45, 2.75) is 25.8 Å². The summed E-state index contributed by atoms with van der Waals surface area (Å²) < 4.78 is 10.5. The average Bonchev–Trinajstić information content (AvgIpc) is 3.15. The summed E-state index contributed by atoms with van der Waals surface area (Å²) in [5, 5.41) is 7.86. The minimum absolute atomic E-state index is 0.129. The SMILES string of the molecule is COc1ccc(C(=O)N2CCC[C@H]2c2nnc(C)o2)nc1. The normalized spacial score (nSPS) is 18.0. The van der Waals surface area contributed by atoms with Crippen LogP contribution in [0.5, 0.6) is 5.75 Å². The molecule has 0 unspecified atom stereocenters. The molecule has 0 bridgehead atoms. The van der Waals surface area contributed by atoms with E-state index in [2.05, 4.69) is 15.2 Å². The van der Waals surface area contributed by atoms with Gasteiger partial charge in [-0.3, -0.25) is 4.79 Å². The van der Waals surface area contributed by atoms with Crippen molar-refractivity contribution in [1.29, 1.82) is 0 Å². The van der Waals surface area contributed by atoms with Crippen LogP contribution in [0.4, 0.5) is 0 Å². The van der Waals surface area contributed by atoms with Crippen molar-refractivity contribution in [1.82, 2.24) is 20.1 Å². The minimum Gasteiger partial charge on any atom is -0.495 e. The van der Waals surface area contributed by atoms with E-state index in [0.29, 0.717) is 29.8 Å². The molecule has 2 aromatic heterocycles. The fourth-order valence-electron chi connectivity index (χ4n) is 2.49. The Labute approximate surface area is 121 Å². The Bertz CT molecular complexity index is 638. The molecule has 2 aromatic rings. The van der Waals surface area contributed by atoms with Gasteiger partial charge in [0.15, 0.2) is 0 Å². The van der Waals surface area contributed by atoms with Crippen LogP contribution < -0.4 is 4.74 Å². The van der Waals surface area contributed by atoms with E-state index in [0.717, 1.165) is 12.8 Å². The summed E-state index contributed by atoms with van der Waals surface area (Å²) in [5.41, 5.74) is 0.388. The fourth-order valence-corrected chi connectivity index (χ4v) is 2.49. The second-order valence-corrected chi connectivity index (χ2v) is 4.90. The second-order valence-electron chi connectivity index (χ2n) is 4.90. The summed E-state index contributed by atoms with van der Waals surface area (Å²) in [5.74, 6) is 1.49. The molecule has 21 heavy (non-hydrogen) atoms. The van der Waals surface area contributed by atoms with E-state index in [1.54, 1.807) is 31.1 Å². The molecule has 1 amide bonds. The van der Waals surface area contributed by atoms with Crippen LogP contribution in [-0.4, -0.2) is 39.6 Å². The molecule has 1 atom stereocenters. The molecule has 1 aliphatic rings. The van der Waals surface area contributed by atoms with Gasteiger partial charge in [-0.05, 0) is 25.0 Å². The number of hydrogen-bond acceptors (Lipinski definition) is 6. The van der Waals surface area contributed by atoms with Crippen molar-refractivity contribution in [2.24, 2.45) is 0 Å². The number of amides is 1. The van der Waals surface area contributed by atoms with Gasteiger partial charge in [-0.15, -0.1) is 10.2 Å². The predicted octanol–water partition coefficient (Wildman–Crippen LogP) is 1.76. The summed E-state index contributed by atoms with van der Waals surface area (Å²) in [6.07, 6.45) is 3.27. The Morgan fingerprint density at radius 2 is 2.29 bits per heavy atom. The topological polar surface area (TPSA) is 81.4 Å². The smallest absolute Gasteiger partial charge is 0.273 e. The Hall–Kier alpha value is -2.44. The molecule has 0 aromatic carbocycles. The molecule has 3 heterocycles. The van der Waals surface area contributed by atoms with Crippen molar-refractivity contribution < 1.29 is 13.9 Å². The van der Waals surface area contributed by atoms with E-state index in [1.807, 2.05) is 0 Å². The number of pyridine rings is 1. The number of nitrogens with zero attached hydrogens (tertiary/aromatic N) is 4. The Kier molecular flexibility index (Phi) is 3.55. The lowest BCUT2D eigenvalue weighted by atomic mass is 10.2. The standard InChI is InChI=1S/C14H16N4O3/c1-9-16-17-13(21-9)12-4-3-7-18(12)14(19)11-6-5-10(20-2)8-15-11/h5-6,8,12H,3-4,7H2,1-2H3/t12-/m0/s1. The largest absolute Gasteiger partial charge is 0.495 e. The van der Waals surface area contributed by atoms with E-state index >= 15 is 0 Å². The lowest BCUT2D eigenvalue weighted by Gasteiger charge is -2.21. The van der Waals surface area contributed by atoms with E-state index < -0.39 is 0 Å². The summed E-state index contributed by atoms with van der Waals surface area (Å²) in [6.45, 7) is 2.40. The van der Waals surface area contributed by atoms with Gasteiger partial charge in [-0.1, -0.05) is 0 Å². The highest BCUT2D eigenvalue weighted by molar-refractivity contribution is 5.92. The first-order valence-electron chi connectivity index (χ1n) is 6.80. The van der Waals surface area contributed by atoms with Gasteiger partial charge in [0.05, 0.1) is 13.3 Å². The van der Waals surface area contributed by atoms with Crippen LogP contribution in [0.15, 0.2) is 22.7 Å². The number of aryl methyl sites for hydroxylation is 1. The highest BCUT2D eigenvalue weighted by Crippen LogP contribution is 2.32. The van der Waals surface area contributed by atoms with E-state index in [9.17, 15) is 4.79 Å². The summed E-state index contributed by atoms with van der Waals surface area (Å²) >= 11 is 0. The van der Waals surface area contributed by atoms with Crippen LogP contribution in [0.3, 0.4) is 0 Å². The molecule has 0 saturated carbocycles. The number of carbonyl (C=O) groups excluding carboxylic acids is 1. The zero-order valence-corrected chi connectivity index (χ0v) is 11.9. The molecule has 0 radical (unpaired) electrons. The van der Waals surface area contributed by atoms with E-state index in [4.69, 9.17) is 9.15 Å². The summed E-state index contributed by atoms with van der Waals surface area (Å²) in [7, 11) is 1.56. The lowest BCUT2D eigenvalue weighted by molar-refractivity contribution is 0.0708. The fraction of sp³-hybridized carbons (Fsp3) is 0.429. The van der Waals surface area contributed by atoms with Crippen molar-refractivity contribution >= 4 is 5.91 Å². The molecular weight excluding hydrogens is 272 g/mol. The van der Waals surface area contributed by atoms with Gasteiger partial charge in [0.25, 0.3) is 5.91 Å². The number of aromatic nitrogens is 3. The first kappa shape index (κ1) is 13.5. The van der Waals surface area contributed by atoms with Crippen molar-refractivity contribution in [2.75, 3.05) is 13.7 Å². The molecular formula is C14H16N4O3. The second kappa shape index (κ2) is 5.51. The van der Waals surface area contributed by atoms with Crippen LogP contribution in [-0.2, 0) is 0 Å². The molecule has 1 saturated heterocycles. The lowest BCUT2D eigenvalue weighted by Crippen LogP contribution is -2.31. The van der Waals surface area contributed by atoms with Crippen LogP contribution in [0, 0.1) is 6.92 Å². The first-order valence-corrected chi connectivity index (χ1v) is 6.80. The molecule has 1 fully saturated rings. The zero-order chi connectivity index (χ0) is 14.8. The highest BCUT2D eigenvalue weighted by atomic mass is 16.5. The first-order chi connectivity index (χ1) is 10.2. The molecule has 1 aliphatic heterocycles. The van der Waals surface area contributed by atoms with Crippen LogP contribution >= 0.6 is 0 Å². The van der Waals surface area contributed by atoms with E-state index in [-0.39, 0.29) is 11.9 Å². The molecule has 3 rings (SSSR count). The molecule has 110 valence electrons. The number of carbonyl (C=O) groups is 1. The highest BCUT2D eigenvalue weighted by Gasteiger charge is 2.34. The molecule has 7 nitrogen and oxygen atoms in total. The summed E-state index contributed by atoms with van der Waals surface area (Å²) in [6, 6.07) is 3.22. The number of rotatable bonds is 3. The summed E-state index contributed by atoms with van der Waals surface area (Å²) in [4.78, 5) is 18.5.